The number of hydrogen-bond acceptors (Lipinski definition) is 2. The molecule has 12 heavy (non-hydrogen) atoms. The van der Waals surface area contributed by atoms with Crippen molar-refractivity contribution in [1.29, 1.82) is 0 Å². The van der Waals surface area contributed by atoms with Crippen LogP contribution >= 0.6 is 0 Å². The molecule has 0 radical (unpaired) electrons. The molecule has 0 spiro atoms. The van der Waals surface area contributed by atoms with E-state index in [9.17, 15) is 4.79 Å². The van der Waals surface area contributed by atoms with Crippen LogP contribution in [-0.4, -0.2) is 23.7 Å². The third kappa shape index (κ3) is 6.16. The number of rotatable bonds is 6. The largest absolute Gasteiger partial charge is 0.396 e. The number of carbonyl (C=O) groups is 1. The van der Waals surface area contributed by atoms with Gasteiger partial charge in [-0.25, -0.2) is 0 Å². The van der Waals surface area contributed by atoms with Crippen LogP contribution in [0, 0.1) is 0 Å². The van der Waals surface area contributed by atoms with Gasteiger partial charge in [0, 0.05) is 19.1 Å². The van der Waals surface area contributed by atoms with Crippen molar-refractivity contribution < 1.29 is 9.90 Å². The van der Waals surface area contributed by atoms with E-state index in [0.29, 0.717) is 12.8 Å². The van der Waals surface area contributed by atoms with Gasteiger partial charge in [-0.15, -0.1) is 0 Å². The van der Waals surface area contributed by atoms with E-state index < -0.39 is 0 Å². The van der Waals surface area contributed by atoms with Gasteiger partial charge in [0.1, 0.15) is 0 Å². The predicted molar refractivity (Wildman–Crippen MR) is 48.8 cm³/mol. The molecule has 0 saturated carbocycles. The van der Waals surface area contributed by atoms with Crippen LogP contribution in [0.15, 0.2) is 0 Å². The van der Waals surface area contributed by atoms with Gasteiger partial charge < -0.3 is 10.4 Å². The smallest absolute Gasteiger partial charge is 0.220 e. The van der Waals surface area contributed by atoms with Gasteiger partial charge in [-0.05, 0) is 19.8 Å². The summed E-state index contributed by atoms with van der Waals surface area (Å²) >= 11 is 0. The van der Waals surface area contributed by atoms with Crippen molar-refractivity contribution in [2.45, 2.75) is 45.6 Å². The summed E-state index contributed by atoms with van der Waals surface area (Å²) in [5.41, 5.74) is 0. The molecule has 2 N–H and O–H groups in total. The van der Waals surface area contributed by atoms with Crippen LogP contribution in [0.2, 0.25) is 0 Å². The van der Waals surface area contributed by atoms with Crippen molar-refractivity contribution in [2.75, 3.05) is 6.61 Å². The highest BCUT2D eigenvalue weighted by molar-refractivity contribution is 5.76. The van der Waals surface area contributed by atoms with Gasteiger partial charge in [0.2, 0.25) is 5.91 Å². The lowest BCUT2D eigenvalue weighted by molar-refractivity contribution is -0.122. The molecule has 1 atom stereocenters. The molecule has 0 aliphatic carbocycles. The Morgan fingerprint density at radius 1 is 1.58 bits per heavy atom. The first-order valence-electron chi connectivity index (χ1n) is 4.61. The first-order valence-corrected chi connectivity index (χ1v) is 4.61. The van der Waals surface area contributed by atoms with Gasteiger partial charge in [-0.3, -0.25) is 4.79 Å². The molecule has 0 aliphatic heterocycles. The number of amides is 1. The Labute approximate surface area is 74.2 Å². The molecule has 1 unspecified atom stereocenters. The second kappa shape index (κ2) is 7.10. The number of carbonyl (C=O) groups excluding carboxylic acids is 1. The van der Waals surface area contributed by atoms with Crippen molar-refractivity contribution >= 4 is 5.91 Å². The third-order valence-corrected chi connectivity index (χ3v) is 1.69. The Bertz CT molecular complexity index is 126. The quantitative estimate of drug-likeness (QED) is 0.631. The monoisotopic (exact) mass is 173 g/mol. The summed E-state index contributed by atoms with van der Waals surface area (Å²) in [5.74, 6) is 0.0463. The van der Waals surface area contributed by atoms with E-state index in [4.69, 9.17) is 5.11 Å². The number of hydrogen-bond donors (Lipinski definition) is 2. The minimum atomic E-state index is 0.0463. The summed E-state index contributed by atoms with van der Waals surface area (Å²) in [4.78, 5) is 11.1. The average molecular weight is 173 g/mol. The van der Waals surface area contributed by atoms with E-state index in [2.05, 4.69) is 12.2 Å². The maximum absolute atomic E-state index is 11.1. The van der Waals surface area contributed by atoms with Crippen LogP contribution in [0.1, 0.15) is 39.5 Å². The van der Waals surface area contributed by atoms with Gasteiger partial charge in [-0.2, -0.15) is 0 Å². The van der Waals surface area contributed by atoms with Crippen molar-refractivity contribution in [2.24, 2.45) is 0 Å². The minimum absolute atomic E-state index is 0.0463. The molecular formula is C9H19NO2. The van der Waals surface area contributed by atoms with Crippen molar-refractivity contribution in [3.63, 3.8) is 0 Å². The Morgan fingerprint density at radius 3 is 2.75 bits per heavy atom. The second-order valence-electron chi connectivity index (χ2n) is 3.08. The molecule has 0 aromatic carbocycles. The van der Waals surface area contributed by atoms with Crippen LogP contribution in [0.4, 0.5) is 0 Å². The highest BCUT2D eigenvalue weighted by Gasteiger charge is 2.04. The van der Waals surface area contributed by atoms with Crippen LogP contribution in [0.5, 0.6) is 0 Å². The van der Waals surface area contributed by atoms with E-state index in [1.807, 2.05) is 6.92 Å². The van der Waals surface area contributed by atoms with Crippen molar-refractivity contribution in [1.82, 2.24) is 5.32 Å². The van der Waals surface area contributed by atoms with Gasteiger partial charge in [0.25, 0.3) is 0 Å². The maximum atomic E-state index is 11.1. The highest BCUT2D eigenvalue weighted by Crippen LogP contribution is 1.96. The zero-order valence-electron chi connectivity index (χ0n) is 7.97. The predicted octanol–water partition coefficient (Wildman–Crippen LogP) is 1.06. The molecule has 72 valence electrons. The van der Waals surface area contributed by atoms with Crippen molar-refractivity contribution in [3.05, 3.63) is 0 Å². The fourth-order valence-corrected chi connectivity index (χ4v) is 1.09. The van der Waals surface area contributed by atoms with Gasteiger partial charge in [0.05, 0.1) is 0 Å². The second-order valence-corrected chi connectivity index (χ2v) is 3.08. The van der Waals surface area contributed by atoms with Crippen LogP contribution in [-0.2, 0) is 4.79 Å². The van der Waals surface area contributed by atoms with Crippen LogP contribution in [0.3, 0.4) is 0 Å². The molecule has 0 heterocycles. The fraction of sp³-hybridized carbons (Fsp3) is 0.889. The minimum Gasteiger partial charge on any atom is -0.396 e. The molecular weight excluding hydrogens is 154 g/mol. The number of nitrogens with one attached hydrogen (secondary N) is 1. The average Bonchev–Trinajstić information content (AvgIpc) is 2.01. The molecule has 0 aromatic rings. The van der Waals surface area contributed by atoms with E-state index in [1.54, 1.807) is 0 Å². The van der Waals surface area contributed by atoms with Gasteiger partial charge in [0.15, 0.2) is 0 Å². The van der Waals surface area contributed by atoms with E-state index in [-0.39, 0.29) is 18.6 Å². The lowest BCUT2D eigenvalue weighted by Crippen LogP contribution is -2.32. The Morgan fingerprint density at radius 2 is 2.25 bits per heavy atom. The van der Waals surface area contributed by atoms with E-state index in [0.717, 1.165) is 12.8 Å². The van der Waals surface area contributed by atoms with Crippen LogP contribution < -0.4 is 5.32 Å². The molecule has 0 fully saturated rings. The van der Waals surface area contributed by atoms with Crippen molar-refractivity contribution in [3.8, 4) is 0 Å². The first kappa shape index (κ1) is 11.4. The zero-order valence-corrected chi connectivity index (χ0v) is 7.97. The van der Waals surface area contributed by atoms with Gasteiger partial charge >= 0.3 is 0 Å². The summed E-state index contributed by atoms with van der Waals surface area (Å²) in [6, 6.07) is 0.265. The highest BCUT2D eigenvalue weighted by atomic mass is 16.3. The molecule has 0 saturated heterocycles. The SMILES string of the molecule is CCCC(C)NC(=O)CCCO. The Kier molecular flexibility index (Phi) is 6.76. The molecule has 0 rings (SSSR count). The molecule has 3 nitrogen and oxygen atoms in total. The summed E-state index contributed by atoms with van der Waals surface area (Å²) < 4.78 is 0. The van der Waals surface area contributed by atoms with E-state index >= 15 is 0 Å². The summed E-state index contributed by atoms with van der Waals surface area (Å²) in [7, 11) is 0. The molecule has 0 aromatic heterocycles. The van der Waals surface area contributed by atoms with Gasteiger partial charge in [-0.1, -0.05) is 13.3 Å². The Hall–Kier alpha value is -0.570. The third-order valence-electron chi connectivity index (χ3n) is 1.69. The fourth-order valence-electron chi connectivity index (χ4n) is 1.09. The van der Waals surface area contributed by atoms with E-state index in [1.165, 1.54) is 0 Å². The standard InChI is InChI=1S/C9H19NO2/c1-3-5-8(2)10-9(12)6-4-7-11/h8,11H,3-7H2,1-2H3,(H,10,12). The molecule has 1 amide bonds. The first-order chi connectivity index (χ1) is 5.70. The maximum Gasteiger partial charge on any atom is 0.220 e. The number of aliphatic hydroxyl groups is 1. The molecule has 0 bridgehead atoms. The molecule has 3 heteroatoms. The van der Waals surface area contributed by atoms with Crippen LogP contribution in [0.25, 0.3) is 0 Å². The zero-order chi connectivity index (χ0) is 9.40. The lowest BCUT2D eigenvalue weighted by Gasteiger charge is -2.11. The number of aliphatic hydroxyl groups excluding tert-OH is 1. The summed E-state index contributed by atoms with van der Waals surface area (Å²) in [5, 5.41) is 11.3. The molecule has 0 aliphatic rings. The topological polar surface area (TPSA) is 49.3 Å². The lowest BCUT2D eigenvalue weighted by atomic mass is 10.2. The summed E-state index contributed by atoms with van der Waals surface area (Å²) in [6.07, 6.45) is 3.10. The Balaban J connectivity index is 3.40. The normalized spacial score (nSPS) is 12.6. The summed E-state index contributed by atoms with van der Waals surface area (Å²) in [6.45, 7) is 4.19.